The van der Waals surface area contributed by atoms with Crippen LogP contribution in [0.3, 0.4) is 0 Å². The molecule has 35 heavy (non-hydrogen) atoms. The number of halogens is 6. The van der Waals surface area contributed by atoms with Crippen LogP contribution >= 0.6 is 10.2 Å². The Morgan fingerprint density at radius 2 is 1.83 bits per heavy atom. The van der Waals surface area contributed by atoms with E-state index in [0.717, 1.165) is 10.3 Å². The molecule has 194 valence electrons. The molecule has 14 heteroatoms. The van der Waals surface area contributed by atoms with Gasteiger partial charge in [0.05, 0.1) is 23.9 Å². The fourth-order valence-corrected chi connectivity index (χ4v) is 5.37. The van der Waals surface area contributed by atoms with Gasteiger partial charge in [-0.05, 0) is 55.3 Å². The molecule has 0 fully saturated rings. The Labute approximate surface area is 197 Å². The van der Waals surface area contributed by atoms with E-state index in [1.54, 1.807) is 0 Å². The van der Waals surface area contributed by atoms with E-state index >= 15 is 0 Å². The number of amides is 1. The molecule has 0 aliphatic carbocycles. The van der Waals surface area contributed by atoms with Crippen molar-refractivity contribution in [2.75, 3.05) is 5.75 Å². The van der Waals surface area contributed by atoms with Gasteiger partial charge in [-0.25, -0.2) is 12.8 Å². The molecule has 1 aliphatic rings. The lowest BCUT2D eigenvalue weighted by Gasteiger charge is -2.40. The molecule has 1 aliphatic heterocycles. The fraction of sp³-hybridized carbons (Fsp3) is 0.333. The SMILES string of the molecule is CC(C)(O)c1cc(CN(C(=O)Cc2ccc(S(F)(F)(F)(F)F)cc2F)C2C=CS(=O)(=O)C2)ccn1. The zero-order chi connectivity index (χ0) is 26.5. The number of hydrogen-bond donors (Lipinski definition) is 1. The number of rotatable bonds is 7. The van der Waals surface area contributed by atoms with E-state index in [2.05, 4.69) is 4.98 Å². The van der Waals surface area contributed by atoms with Crippen molar-refractivity contribution in [3.63, 3.8) is 0 Å². The van der Waals surface area contributed by atoms with Gasteiger partial charge in [0.2, 0.25) is 5.91 Å². The van der Waals surface area contributed by atoms with Crippen LogP contribution in [0.15, 0.2) is 52.9 Å². The second kappa shape index (κ2) is 7.96. The number of sulfone groups is 1. The molecule has 0 radical (unpaired) electrons. The quantitative estimate of drug-likeness (QED) is 0.497. The summed E-state index contributed by atoms with van der Waals surface area (Å²) >= 11 is 0. The number of nitrogens with zero attached hydrogens (tertiary/aromatic N) is 2. The Kier molecular flexibility index (Phi) is 6.15. The summed E-state index contributed by atoms with van der Waals surface area (Å²) < 4.78 is 103. The van der Waals surface area contributed by atoms with Crippen LogP contribution in [-0.2, 0) is 33.2 Å². The third-order valence-corrected chi connectivity index (χ3v) is 7.77. The minimum atomic E-state index is -10.1. The first-order valence-electron chi connectivity index (χ1n) is 10.1. The van der Waals surface area contributed by atoms with Crippen LogP contribution in [0.5, 0.6) is 0 Å². The molecule has 6 nitrogen and oxygen atoms in total. The molecule has 0 saturated heterocycles. The summed E-state index contributed by atoms with van der Waals surface area (Å²) in [6.07, 6.45) is 1.81. The fourth-order valence-electron chi connectivity index (χ4n) is 3.42. The summed E-state index contributed by atoms with van der Waals surface area (Å²) in [4.78, 5) is 15.8. The largest absolute Gasteiger partial charge is 0.384 e. The van der Waals surface area contributed by atoms with Crippen molar-refractivity contribution < 1.29 is 42.1 Å². The van der Waals surface area contributed by atoms with Gasteiger partial charge in [-0.1, -0.05) is 25.5 Å². The molecule has 0 bridgehead atoms. The molecule has 1 aromatic heterocycles. The molecule has 0 spiro atoms. The maximum absolute atomic E-state index is 14.3. The second-order valence-electron chi connectivity index (χ2n) is 8.75. The topological polar surface area (TPSA) is 87.6 Å². The monoisotopic (exact) mass is 544 g/mol. The van der Waals surface area contributed by atoms with E-state index in [9.17, 15) is 42.1 Å². The lowest BCUT2D eigenvalue weighted by atomic mass is 10.0. The average Bonchev–Trinajstić information content (AvgIpc) is 3.04. The zero-order valence-electron chi connectivity index (χ0n) is 18.5. The predicted molar refractivity (Wildman–Crippen MR) is 118 cm³/mol. The Bertz CT molecular complexity index is 1310. The molecule has 1 N–H and O–H groups in total. The van der Waals surface area contributed by atoms with Gasteiger partial charge in [-0.15, -0.1) is 0 Å². The third kappa shape index (κ3) is 6.76. The van der Waals surface area contributed by atoms with Gasteiger partial charge in [0.1, 0.15) is 16.3 Å². The molecule has 1 aromatic carbocycles. The van der Waals surface area contributed by atoms with Crippen molar-refractivity contribution in [2.45, 2.75) is 43.4 Å². The Balaban J connectivity index is 1.92. The van der Waals surface area contributed by atoms with Crippen LogP contribution in [0.4, 0.5) is 23.8 Å². The number of benzene rings is 1. The Hall–Kier alpha value is -2.58. The normalized spacial score (nSPS) is 19.7. The first-order chi connectivity index (χ1) is 15.6. The smallest absolute Gasteiger partial charge is 0.310 e. The highest BCUT2D eigenvalue weighted by atomic mass is 32.5. The van der Waals surface area contributed by atoms with E-state index in [4.69, 9.17) is 0 Å². The van der Waals surface area contributed by atoms with Crippen LogP contribution in [-0.4, -0.2) is 41.1 Å². The molecular weight excluding hydrogens is 522 g/mol. The third-order valence-electron chi connectivity index (χ3n) is 5.25. The number of aliphatic hydroxyl groups is 1. The molecular formula is C21H22F6N2O4S2. The summed E-state index contributed by atoms with van der Waals surface area (Å²) in [6.45, 7) is 2.76. The van der Waals surface area contributed by atoms with E-state index in [-0.39, 0.29) is 24.4 Å². The summed E-state index contributed by atoms with van der Waals surface area (Å²) in [5.41, 5.74) is -1.19. The van der Waals surface area contributed by atoms with Crippen LogP contribution in [0.2, 0.25) is 0 Å². The zero-order valence-corrected chi connectivity index (χ0v) is 20.1. The minimum Gasteiger partial charge on any atom is -0.384 e. The first kappa shape index (κ1) is 27.0. The lowest BCUT2D eigenvalue weighted by Crippen LogP contribution is -2.41. The van der Waals surface area contributed by atoms with Crippen molar-refractivity contribution in [1.29, 1.82) is 0 Å². The van der Waals surface area contributed by atoms with E-state index in [1.807, 2.05) is 0 Å². The number of hydrogen-bond acceptors (Lipinski definition) is 5. The molecule has 0 saturated carbocycles. The summed E-state index contributed by atoms with van der Waals surface area (Å²) in [6, 6.07) is 2.14. The summed E-state index contributed by atoms with van der Waals surface area (Å²) in [7, 11) is -13.7. The summed E-state index contributed by atoms with van der Waals surface area (Å²) in [5.74, 6) is -2.96. The van der Waals surface area contributed by atoms with E-state index in [1.165, 1.54) is 38.3 Å². The number of pyridine rings is 1. The second-order valence-corrected chi connectivity index (χ2v) is 13.1. The van der Waals surface area contributed by atoms with Crippen molar-refractivity contribution in [1.82, 2.24) is 9.88 Å². The van der Waals surface area contributed by atoms with Gasteiger partial charge in [0, 0.05) is 18.1 Å². The average molecular weight is 545 g/mol. The van der Waals surface area contributed by atoms with Crippen LogP contribution in [0.25, 0.3) is 0 Å². The summed E-state index contributed by atoms with van der Waals surface area (Å²) in [5, 5.41) is 11.1. The first-order valence-corrected chi connectivity index (χ1v) is 13.7. The van der Waals surface area contributed by atoms with Crippen molar-refractivity contribution >= 4 is 26.0 Å². The molecule has 1 amide bonds. The highest BCUT2D eigenvalue weighted by Crippen LogP contribution is 3.02. The highest BCUT2D eigenvalue weighted by molar-refractivity contribution is 8.45. The van der Waals surface area contributed by atoms with Crippen LogP contribution in [0, 0.1) is 5.82 Å². The van der Waals surface area contributed by atoms with Gasteiger partial charge in [0.25, 0.3) is 0 Å². The standard InChI is InChI=1S/C21H22F6N2O4S2/c1-21(2,31)19-9-14(5-7-28-19)12-29(16-6-8-34(32,33)13-16)20(30)10-15-3-4-17(11-18(15)22)35(23,24,25,26)27/h3-9,11,16,31H,10,12-13H2,1-2H3. The molecule has 1 unspecified atom stereocenters. The Morgan fingerprint density at radius 3 is 2.34 bits per heavy atom. The molecule has 3 rings (SSSR count). The van der Waals surface area contributed by atoms with Gasteiger partial charge >= 0.3 is 10.2 Å². The van der Waals surface area contributed by atoms with Gasteiger partial charge in [-0.2, -0.15) is 0 Å². The Morgan fingerprint density at radius 1 is 1.17 bits per heavy atom. The van der Waals surface area contributed by atoms with Crippen molar-refractivity contribution in [2.24, 2.45) is 0 Å². The van der Waals surface area contributed by atoms with E-state index < -0.39 is 66.1 Å². The van der Waals surface area contributed by atoms with Crippen LogP contribution < -0.4 is 0 Å². The van der Waals surface area contributed by atoms with Gasteiger partial charge in [0.15, 0.2) is 9.84 Å². The van der Waals surface area contributed by atoms with E-state index in [0.29, 0.717) is 11.6 Å². The number of carbonyl (C=O) groups excluding carboxylic acids is 1. The lowest BCUT2D eigenvalue weighted by molar-refractivity contribution is -0.132. The molecule has 1 atom stereocenters. The highest BCUT2D eigenvalue weighted by Gasteiger charge is 2.65. The van der Waals surface area contributed by atoms with Crippen molar-refractivity contribution in [3.05, 3.63) is 70.7 Å². The number of aromatic nitrogens is 1. The number of carbonyl (C=O) groups is 1. The minimum absolute atomic E-state index is 0.00991. The maximum atomic E-state index is 14.3. The maximum Gasteiger partial charge on any atom is 0.310 e. The van der Waals surface area contributed by atoms with Crippen LogP contribution in [0.1, 0.15) is 30.7 Å². The van der Waals surface area contributed by atoms with Gasteiger partial charge < -0.3 is 10.0 Å². The predicted octanol–water partition coefficient (Wildman–Crippen LogP) is 4.99. The van der Waals surface area contributed by atoms with Gasteiger partial charge in [-0.3, -0.25) is 9.78 Å². The van der Waals surface area contributed by atoms with Crippen molar-refractivity contribution in [3.8, 4) is 0 Å². The molecule has 2 aromatic rings. The molecule has 2 heterocycles.